The Kier molecular flexibility index (Phi) is 4.78. The van der Waals surface area contributed by atoms with Crippen molar-refractivity contribution in [1.29, 1.82) is 0 Å². The lowest BCUT2D eigenvalue weighted by atomic mass is 10.2. The van der Waals surface area contributed by atoms with Crippen molar-refractivity contribution in [2.75, 3.05) is 0 Å². The van der Waals surface area contributed by atoms with Gasteiger partial charge in [0.1, 0.15) is 5.82 Å². The minimum atomic E-state index is -0.663. The first kappa shape index (κ1) is 16.4. The molecule has 0 spiro atoms. The molecule has 5 nitrogen and oxygen atoms in total. The molecule has 2 aromatic carbocycles. The Hall–Kier alpha value is -2.44. The zero-order chi connectivity index (χ0) is 17.1. The maximum atomic E-state index is 12.9. The topological polar surface area (TPSA) is 65.2 Å². The number of hydrogen-bond donors (Lipinski definition) is 0. The maximum Gasteiger partial charge on any atom is 0.340 e. The van der Waals surface area contributed by atoms with Gasteiger partial charge < -0.3 is 9.26 Å². The smallest absolute Gasteiger partial charge is 0.340 e. The number of carbonyl (C=O) groups excluding carboxylic acids is 1. The van der Waals surface area contributed by atoms with Crippen LogP contribution in [0.3, 0.4) is 0 Å². The lowest BCUT2D eigenvalue weighted by Crippen LogP contribution is -2.06. The fourth-order valence-electron chi connectivity index (χ4n) is 1.89. The summed E-state index contributed by atoms with van der Waals surface area (Å²) in [6.07, 6.45) is 0. The molecule has 0 N–H and O–H groups in total. The van der Waals surface area contributed by atoms with Crippen LogP contribution in [0.1, 0.15) is 16.2 Å². The van der Waals surface area contributed by atoms with Gasteiger partial charge >= 0.3 is 5.97 Å². The van der Waals surface area contributed by atoms with Crippen LogP contribution in [-0.4, -0.2) is 16.1 Å². The zero-order valence-electron chi connectivity index (χ0n) is 12.0. The first-order valence-electron chi connectivity index (χ1n) is 6.73. The highest BCUT2D eigenvalue weighted by Gasteiger charge is 2.15. The van der Waals surface area contributed by atoms with E-state index in [9.17, 15) is 9.18 Å². The van der Waals surface area contributed by atoms with Crippen LogP contribution in [0.2, 0.25) is 10.0 Å². The maximum absolute atomic E-state index is 12.9. The third-order valence-corrected chi connectivity index (χ3v) is 3.61. The summed E-state index contributed by atoms with van der Waals surface area (Å²) in [6.45, 7) is -0.226. The molecule has 0 saturated heterocycles. The van der Waals surface area contributed by atoms with Gasteiger partial charge in [-0.05, 0) is 42.5 Å². The molecule has 0 fully saturated rings. The number of ether oxygens (including phenoxy) is 1. The highest BCUT2D eigenvalue weighted by Crippen LogP contribution is 2.22. The largest absolute Gasteiger partial charge is 0.452 e. The summed E-state index contributed by atoms with van der Waals surface area (Å²) in [6, 6.07) is 10.1. The molecular formula is C16H9Cl2FN2O3. The van der Waals surface area contributed by atoms with Crippen molar-refractivity contribution in [3.05, 3.63) is 69.8 Å². The Bertz CT molecular complexity index is 881. The lowest BCUT2D eigenvalue weighted by molar-refractivity contribution is 0.0430. The summed E-state index contributed by atoms with van der Waals surface area (Å²) in [4.78, 5) is 16.1. The molecular weight excluding hydrogens is 358 g/mol. The molecule has 0 saturated carbocycles. The Morgan fingerprint density at radius 3 is 2.67 bits per heavy atom. The molecule has 122 valence electrons. The number of benzene rings is 2. The van der Waals surface area contributed by atoms with E-state index >= 15 is 0 Å². The number of esters is 1. The minimum absolute atomic E-state index is 0.0980. The van der Waals surface area contributed by atoms with Gasteiger partial charge in [-0.3, -0.25) is 0 Å². The molecule has 1 heterocycles. The average molecular weight is 367 g/mol. The fraction of sp³-hybridized carbons (Fsp3) is 0.0625. The summed E-state index contributed by atoms with van der Waals surface area (Å²) in [5.74, 6) is -0.665. The second kappa shape index (κ2) is 6.98. The quantitative estimate of drug-likeness (QED) is 0.634. The molecule has 0 unspecified atom stereocenters. The average Bonchev–Trinajstić information content (AvgIpc) is 3.04. The number of hydrogen-bond acceptors (Lipinski definition) is 5. The van der Waals surface area contributed by atoms with Gasteiger partial charge in [0.2, 0.25) is 5.82 Å². The molecule has 3 aromatic rings. The third-order valence-electron chi connectivity index (χ3n) is 3.05. The van der Waals surface area contributed by atoms with Crippen LogP contribution in [0.4, 0.5) is 4.39 Å². The van der Waals surface area contributed by atoms with E-state index in [4.69, 9.17) is 32.5 Å². The molecule has 0 atom stereocenters. The third kappa shape index (κ3) is 3.72. The van der Waals surface area contributed by atoms with E-state index in [1.807, 2.05) is 0 Å². The van der Waals surface area contributed by atoms with Crippen LogP contribution < -0.4 is 0 Å². The second-order valence-electron chi connectivity index (χ2n) is 4.72. The molecule has 0 aliphatic heterocycles. The summed E-state index contributed by atoms with van der Waals surface area (Å²) in [5, 5.41) is 4.34. The van der Waals surface area contributed by atoms with Crippen molar-refractivity contribution in [3.8, 4) is 11.4 Å². The number of rotatable bonds is 4. The van der Waals surface area contributed by atoms with Crippen molar-refractivity contribution >= 4 is 29.2 Å². The predicted octanol–water partition coefficient (Wildman–Crippen LogP) is 4.54. The van der Waals surface area contributed by atoms with Gasteiger partial charge in [-0.2, -0.15) is 4.98 Å². The van der Waals surface area contributed by atoms with Gasteiger partial charge in [-0.15, -0.1) is 0 Å². The standard InChI is InChI=1S/C16H9Cl2FN2O3/c17-10-3-6-13(18)12(7-10)16(22)23-8-14-20-15(21-24-14)9-1-4-11(19)5-2-9/h1-7H,8H2. The van der Waals surface area contributed by atoms with E-state index < -0.39 is 5.97 Å². The lowest BCUT2D eigenvalue weighted by Gasteiger charge is -2.04. The van der Waals surface area contributed by atoms with Gasteiger partial charge in [0.25, 0.3) is 5.89 Å². The second-order valence-corrected chi connectivity index (χ2v) is 5.56. The molecule has 0 bridgehead atoms. The molecule has 8 heteroatoms. The summed E-state index contributed by atoms with van der Waals surface area (Å²) in [5.41, 5.74) is 0.720. The Balaban J connectivity index is 1.68. The van der Waals surface area contributed by atoms with Gasteiger partial charge in [-0.25, -0.2) is 9.18 Å². The number of aromatic nitrogens is 2. The molecule has 0 aliphatic rings. The van der Waals surface area contributed by atoms with Crippen LogP contribution in [0.25, 0.3) is 11.4 Å². The Morgan fingerprint density at radius 2 is 1.92 bits per heavy atom. The van der Waals surface area contributed by atoms with Crippen molar-refractivity contribution in [2.45, 2.75) is 6.61 Å². The monoisotopic (exact) mass is 366 g/mol. The summed E-state index contributed by atoms with van der Waals surface area (Å²) >= 11 is 11.8. The van der Waals surface area contributed by atoms with Crippen LogP contribution in [0.5, 0.6) is 0 Å². The van der Waals surface area contributed by atoms with Crippen LogP contribution in [0.15, 0.2) is 47.0 Å². The van der Waals surface area contributed by atoms with Gasteiger partial charge in [0.05, 0.1) is 10.6 Å². The molecule has 3 rings (SSSR count). The van der Waals surface area contributed by atoms with Crippen molar-refractivity contribution in [3.63, 3.8) is 0 Å². The molecule has 0 radical (unpaired) electrons. The van der Waals surface area contributed by atoms with E-state index in [-0.39, 0.29) is 34.7 Å². The minimum Gasteiger partial charge on any atom is -0.452 e. The van der Waals surface area contributed by atoms with Crippen molar-refractivity contribution in [1.82, 2.24) is 10.1 Å². The van der Waals surface area contributed by atoms with E-state index in [2.05, 4.69) is 10.1 Å². The molecule has 1 aromatic heterocycles. The predicted molar refractivity (Wildman–Crippen MR) is 85.3 cm³/mol. The van der Waals surface area contributed by atoms with E-state index in [1.165, 1.54) is 36.4 Å². The summed E-state index contributed by atoms with van der Waals surface area (Å²) in [7, 11) is 0. The van der Waals surface area contributed by atoms with Crippen molar-refractivity contribution in [2.24, 2.45) is 0 Å². The SMILES string of the molecule is O=C(OCc1nc(-c2ccc(F)cc2)no1)c1cc(Cl)ccc1Cl. The highest BCUT2D eigenvalue weighted by atomic mass is 35.5. The highest BCUT2D eigenvalue weighted by molar-refractivity contribution is 6.35. The molecule has 0 amide bonds. The fourth-order valence-corrected chi connectivity index (χ4v) is 2.26. The summed E-state index contributed by atoms with van der Waals surface area (Å²) < 4.78 is 23.0. The van der Waals surface area contributed by atoms with E-state index in [0.717, 1.165) is 0 Å². The van der Waals surface area contributed by atoms with Gasteiger partial charge in [0, 0.05) is 10.6 Å². The Labute approximate surface area is 146 Å². The van der Waals surface area contributed by atoms with Crippen LogP contribution >= 0.6 is 23.2 Å². The number of halogens is 3. The number of carbonyl (C=O) groups is 1. The van der Waals surface area contributed by atoms with Crippen molar-refractivity contribution < 1.29 is 18.4 Å². The number of nitrogens with zero attached hydrogens (tertiary/aromatic N) is 2. The first-order valence-corrected chi connectivity index (χ1v) is 7.49. The molecule has 0 aliphatic carbocycles. The van der Waals surface area contributed by atoms with Crippen LogP contribution in [-0.2, 0) is 11.3 Å². The van der Waals surface area contributed by atoms with Gasteiger partial charge in [-0.1, -0.05) is 28.4 Å². The zero-order valence-corrected chi connectivity index (χ0v) is 13.5. The van der Waals surface area contributed by atoms with E-state index in [0.29, 0.717) is 10.6 Å². The Morgan fingerprint density at radius 1 is 1.17 bits per heavy atom. The van der Waals surface area contributed by atoms with Crippen LogP contribution in [0, 0.1) is 5.82 Å². The normalized spacial score (nSPS) is 10.6. The molecule has 24 heavy (non-hydrogen) atoms. The first-order chi connectivity index (χ1) is 11.5. The van der Waals surface area contributed by atoms with Gasteiger partial charge in [0.15, 0.2) is 6.61 Å². The van der Waals surface area contributed by atoms with E-state index in [1.54, 1.807) is 6.07 Å².